The Morgan fingerprint density at radius 1 is 0.870 bits per heavy atom. The minimum absolute atomic E-state index is 0.0383. The third-order valence-corrected chi connectivity index (χ3v) is 16.0. The zero-order valence-corrected chi connectivity index (χ0v) is 28.1. The molecule has 3 saturated heterocycles. The van der Waals surface area contributed by atoms with Gasteiger partial charge >= 0.3 is 0 Å². The summed E-state index contributed by atoms with van der Waals surface area (Å²) in [5.74, 6) is -1.73. The van der Waals surface area contributed by atoms with Gasteiger partial charge in [-0.3, -0.25) is 0 Å². The molecule has 0 aromatic heterocycles. The highest BCUT2D eigenvalue weighted by atomic mass is 16.8. The monoisotopic (exact) mass is 652 g/mol. The summed E-state index contributed by atoms with van der Waals surface area (Å²) in [6.07, 6.45) is -2.52. The largest absolute Gasteiger partial charge is 0.396 e. The van der Waals surface area contributed by atoms with Gasteiger partial charge in [0.05, 0.1) is 30.5 Å². The van der Waals surface area contributed by atoms with Crippen molar-refractivity contribution < 1.29 is 54.7 Å². The third-order valence-electron chi connectivity index (χ3n) is 16.0. The molecule has 8 aliphatic rings. The molecule has 2 bridgehead atoms. The molecule has 11 heteroatoms. The van der Waals surface area contributed by atoms with Crippen molar-refractivity contribution in [3.63, 3.8) is 0 Å². The average molecular weight is 653 g/mol. The zero-order chi connectivity index (χ0) is 33.2. The number of hydrogen-bond donors (Lipinski definition) is 7. The molecule has 3 heterocycles. The first kappa shape index (κ1) is 32.7. The van der Waals surface area contributed by atoms with Gasteiger partial charge in [-0.25, -0.2) is 0 Å². The van der Waals surface area contributed by atoms with E-state index in [4.69, 9.17) is 18.9 Å². The number of ether oxygens (including phenoxy) is 4. The number of fused-ring (bicyclic) bond motifs is 4. The Kier molecular flexibility index (Phi) is 6.88. The molecule has 46 heavy (non-hydrogen) atoms. The first-order chi connectivity index (χ1) is 21.4. The second kappa shape index (κ2) is 9.66. The molecular formula is C35H56O11. The molecule has 5 aliphatic carbocycles. The van der Waals surface area contributed by atoms with Gasteiger partial charge in [-0.2, -0.15) is 0 Å². The highest BCUT2D eigenvalue weighted by molar-refractivity contribution is 5.36. The molecule has 262 valence electrons. The Bertz CT molecular complexity index is 1260. The van der Waals surface area contributed by atoms with E-state index in [9.17, 15) is 35.7 Å². The van der Waals surface area contributed by atoms with Crippen molar-refractivity contribution in [1.29, 1.82) is 0 Å². The molecule has 0 radical (unpaired) electrons. The highest BCUT2D eigenvalue weighted by Crippen LogP contribution is 2.90. The van der Waals surface area contributed by atoms with Gasteiger partial charge in [0.2, 0.25) is 0 Å². The summed E-state index contributed by atoms with van der Waals surface area (Å²) in [4.78, 5) is 0. The van der Waals surface area contributed by atoms with Crippen molar-refractivity contribution in [3.05, 3.63) is 0 Å². The SMILES string of the molecule is CC(C)(O)[C@@H]1O[C@@]23OC1C[C@@H](CO)C2[C@@]1(C)C(O)CC24CC25CC[C@H](O[C@H]2OC[C@H](O)[C@H](O)[C@H]2O)C(C)(C)C5CCC4[C@]1(C)[C@H]3O. The molecule has 3 spiro atoms. The maximum Gasteiger partial charge on any atom is 0.199 e. The minimum Gasteiger partial charge on any atom is -0.396 e. The van der Waals surface area contributed by atoms with E-state index in [0.29, 0.717) is 12.8 Å². The normalized spacial score (nSPS) is 61.6. The lowest BCUT2D eigenvalue weighted by Crippen LogP contribution is -2.64. The van der Waals surface area contributed by atoms with Crippen LogP contribution in [0.15, 0.2) is 0 Å². The smallest absolute Gasteiger partial charge is 0.199 e. The molecule has 7 unspecified atom stereocenters. The van der Waals surface area contributed by atoms with Gasteiger partial charge in [-0.1, -0.05) is 27.7 Å². The van der Waals surface area contributed by atoms with Crippen molar-refractivity contribution in [2.24, 2.45) is 50.7 Å². The van der Waals surface area contributed by atoms with Gasteiger partial charge in [0, 0.05) is 23.4 Å². The Balaban J connectivity index is 1.13. The Morgan fingerprint density at radius 3 is 2.24 bits per heavy atom. The first-order valence-electron chi connectivity index (χ1n) is 17.7. The average Bonchev–Trinajstić information content (AvgIpc) is 3.48. The van der Waals surface area contributed by atoms with E-state index < -0.39 is 77.2 Å². The van der Waals surface area contributed by atoms with E-state index in [-0.39, 0.29) is 53.3 Å². The van der Waals surface area contributed by atoms with E-state index in [2.05, 4.69) is 27.7 Å². The third kappa shape index (κ3) is 3.58. The maximum absolute atomic E-state index is 12.7. The summed E-state index contributed by atoms with van der Waals surface area (Å²) < 4.78 is 25.5. The first-order valence-corrected chi connectivity index (χ1v) is 17.7. The van der Waals surface area contributed by atoms with Crippen LogP contribution in [0, 0.1) is 50.7 Å². The summed E-state index contributed by atoms with van der Waals surface area (Å²) in [7, 11) is 0. The standard InChI is InChI=1S/C35H56O11/c1-29(2)19-7-8-20-31(5)28(41)35-25(16(13-36)11-18(45-35)26(46-35)30(3,4)42)32(31,6)21(38)12-34(20)15-33(19,34)10-9-22(29)44-27-24(40)23(39)17(37)14-43-27/h16-28,36-42H,7-15H2,1-6H3/t16-,17-,18?,19?,20?,21?,22-,23-,24+,25?,26+,27+,28+,31+,32+,33?,34?,35-/m0/s1. The van der Waals surface area contributed by atoms with Crippen LogP contribution in [0.2, 0.25) is 0 Å². The predicted molar refractivity (Wildman–Crippen MR) is 162 cm³/mol. The highest BCUT2D eigenvalue weighted by Gasteiger charge is 2.90. The zero-order valence-electron chi connectivity index (χ0n) is 28.1. The second-order valence-corrected chi connectivity index (χ2v) is 18.3. The van der Waals surface area contributed by atoms with Crippen LogP contribution >= 0.6 is 0 Å². The van der Waals surface area contributed by atoms with Gasteiger partial charge in [-0.15, -0.1) is 0 Å². The van der Waals surface area contributed by atoms with Crippen LogP contribution in [0.3, 0.4) is 0 Å². The van der Waals surface area contributed by atoms with E-state index >= 15 is 0 Å². The van der Waals surface area contributed by atoms with E-state index in [0.717, 1.165) is 32.1 Å². The van der Waals surface area contributed by atoms with Gasteiger partial charge in [0.15, 0.2) is 12.1 Å². The quantitative estimate of drug-likeness (QED) is 0.216. The lowest BCUT2D eigenvalue weighted by molar-refractivity contribution is -0.304. The van der Waals surface area contributed by atoms with Crippen molar-refractivity contribution >= 4 is 0 Å². The van der Waals surface area contributed by atoms with Crippen LogP contribution in [0.4, 0.5) is 0 Å². The predicted octanol–water partition coefficient (Wildman–Crippen LogP) is 1.06. The Labute approximate surface area is 271 Å². The Hall–Kier alpha value is -0.440. The van der Waals surface area contributed by atoms with Gasteiger partial charge in [-0.05, 0) is 92.8 Å². The van der Waals surface area contributed by atoms with Crippen molar-refractivity contribution in [2.45, 2.75) is 153 Å². The topological polar surface area (TPSA) is 179 Å². The van der Waals surface area contributed by atoms with E-state index in [1.807, 2.05) is 0 Å². The van der Waals surface area contributed by atoms with Crippen molar-refractivity contribution in [1.82, 2.24) is 0 Å². The summed E-state index contributed by atoms with van der Waals surface area (Å²) in [6, 6.07) is 0. The molecule has 5 saturated carbocycles. The van der Waals surface area contributed by atoms with Gasteiger partial charge in [0.1, 0.15) is 30.5 Å². The van der Waals surface area contributed by atoms with Gasteiger partial charge in [0.25, 0.3) is 0 Å². The van der Waals surface area contributed by atoms with Gasteiger partial charge < -0.3 is 54.7 Å². The molecular weight excluding hydrogens is 596 g/mol. The molecule has 8 fully saturated rings. The molecule has 7 N–H and O–H groups in total. The van der Waals surface area contributed by atoms with Crippen LogP contribution in [0.25, 0.3) is 0 Å². The van der Waals surface area contributed by atoms with Crippen molar-refractivity contribution in [3.8, 4) is 0 Å². The van der Waals surface area contributed by atoms with Crippen LogP contribution in [-0.2, 0) is 18.9 Å². The van der Waals surface area contributed by atoms with Crippen LogP contribution in [-0.4, -0.2) is 115 Å². The van der Waals surface area contributed by atoms with E-state index in [1.165, 1.54) is 0 Å². The summed E-state index contributed by atoms with van der Waals surface area (Å²) in [6.45, 7) is 11.9. The lowest BCUT2D eigenvalue weighted by Gasteiger charge is -2.65. The lowest BCUT2D eigenvalue weighted by atomic mass is 9.40. The molecule has 3 aliphatic heterocycles. The molecule has 0 aromatic carbocycles. The molecule has 0 aromatic rings. The number of rotatable bonds is 4. The van der Waals surface area contributed by atoms with Crippen molar-refractivity contribution in [2.75, 3.05) is 13.2 Å². The summed E-state index contributed by atoms with van der Waals surface area (Å²) in [5.41, 5.74) is -3.28. The molecule has 0 amide bonds. The maximum atomic E-state index is 12.7. The Morgan fingerprint density at radius 2 is 1.57 bits per heavy atom. The summed E-state index contributed by atoms with van der Waals surface area (Å²) >= 11 is 0. The van der Waals surface area contributed by atoms with Crippen LogP contribution in [0.1, 0.15) is 86.5 Å². The minimum atomic E-state index is -1.42. The van der Waals surface area contributed by atoms with E-state index in [1.54, 1.807) is 13.8 Å². The fraction of sp³-hybridized carbons (Fsp3) is 1.00. The number of aliphatic hydroxyl groups is 7. The molecule has 11 nitrogen and oxygen atoms in total. The number of hydrogen-bond acceptors (Lipinski definition) is 11. The second-order valence-electron chi connectivity index (χ2n) is 18.3. The number of aliphatic hydroxyl groups excluding tert-OH is 6. The molecule has 8 rings (SSSR count). The fourth-order valence-corrected chi connectivity index (χ4v) is 13.9. The van der Waals surface area contributed by atoms with Crippen LogP contribution < -0.4 is 0 Å². The fourth-order valence-electron chi connectivity index (χ4n) is 13.9. The van der Waals surface area contributed by atoms with Crippen LogP contribution in [0.5, 0.6) is 0 Å². The molecule has 18 atom stereocenters. The summed E-state index contributed by atoms with van der Waals surface area (Å²) in [5, 5.41) is 77.8.